The van der Waals surface area contributed by atoms with E-state index in [0.717, 1.165) is 29.2 Å². The van der Waals surface area contributed by atoms with Gasteiger partial charge in [-0.3, -0.25) is 0 Å². The molecule has 7 nitrogen and oxygen atoms in total. The Morgan fingerprint density at radius 3 is 3.00 bits per heavy atom. The predicted molar refractivity (Wildman–Crippen MR) is 82.0 cm³/mol. The van der Waals surface area contributed by atoms with Crippen LogP contribution in [0.3, 0.4) is 0 Å². The second kappa shape index (κ2) is 5.97. The lowest BCUT2D eigenvalue weighted by Crippen LogP contribution is -2.45. The van der Waals surface area contributed by atoms with Gasteiger partial charge in [-0.05, 0) is 24.6 Å². The number of ether oxygens (including phenoxy) is 2. The number of hydrogen-bond acceptors (Lipinski definition) is 5. The van der Waals surface area contributed by atoms with E-state index in [0.29, 0.717) is 12.4 Å². The second-order valence-electron chi connectivity index (χ2n) is 4.93. The highest BCUT2D eigenvalue weighted by molar-refractivity contribution is 6.04. The van der Waals surface area contributed by atoms with Crippen LogP contribution in [0.2, 0.25) is 0 Å². The molecule has 2 aliphatic rings. The maximum absolute atomic E-state index is 11.3. The number of carbonyl (C=O) groups is 1. The highest BCUT2D eigenvalue weighted by Crippen LogP contribution is 2.27. The Balaban J connectivity index is 1.93. The quantitative estimate of drug-likeness (QED) is 0.766. The van der Waals surface area contributed by atoms with Gasteiger partial charge >= 0.3 is 6.03 Å². The largest absolute Gasteiger partial charge is 0.497 e. The minimum atomic E-state index is -0.394. The van der Waals surface area contributed by atoms with Crippen molar-refractivity contribution in [3.63, 3.8) is 0 Å². The topological polar surface area (TPSA) is 84.0 Å². The zero-order chi connectivity index (χ0) is 15.5. The van der Waals surface area contributed by atoms with Crippen LogP contribution < -0.4 is 25.4 Å². The molecule has 2 heterocycles. The number of rotatable bonds is 5. The Bertz CT molecular complexity index is 654. The average Bonchev–Trinajstić information content (AvgIpc) is 2.95. The first-order valence-corrected chi connectivity index (χ1v) is 7.14. The molecule has 3 N–H and O–H groups in total. The number of fused-ring (bicyclic) bond motifs is 1. The van der Waals surface area contributed by atoms with E-state index in [2.05, 4.69) is 27.9 Å². The Morgan fingerprint density at radius 1 is 1.36 bits per heavy atom. The smallest absolute Gasteiger partial charge is 0.320 e. The first-order chi connectivity index (χ1) is 10.7. The van der Waals surface area contributed by atoms with Gasteiger partial charge in [-0.25, -0.2) is 9.79 Å². The first-order valence-electron chi connectivity index (χ1n) is 7.14. The molecular weight excluding hydrogens is 284 g/mol. The molecule has 0 aliphatic carbocycles. The summed E-state index contributed by atoms with van der Waals surface area (Å²) in [5.41, 5.74) is 1.59. The molecule has 0 saturated heterocycles. The van der Waals surface area contributed by atoms with Crippen LogP contribution in [0.4, 0.5) is 4.79 Å². The van der Waals surface area contributed by atoms with Crippen molar-refractivity contribution in [3.05, 3.63) is 35.7 Å². The van der Waals surface area contributed by atoms with Crippen LogP contribution in [0.25, 0.3) is 0 Å². The van der Waals surface area contributed by atoms with Crippen LogP contribution >= 0.6 is 0 Å². The molecule has 0 aromatic heterocycles. The summed E-state index contributed by atoms with van der Waals surface area (Å²) in [6.45, 7) is 2.67. The summed E-state index contributed by atoms with van der Waals surface area (Å²) >= 11 is 0. The van der Waals surface area contributed by atoms with Gasteiger partial charge in [-0.15, -0.1) is 0 Å². The Labute approximate surface area is 128 Å². The minimum Gasteiger partial charge on any atom is -0.497 e. The zero-order valence-electron chi connectivity index (χ0n) is 12.5. The first kappa shape index (κ1) is 14.2. The van der Waals surface area contributed by atoms with Gasteiger partial charge in [-0.2, -0.15) is 0 Å². The number of amidine groups is 1. The molecule has 2 aliphatic heterocycles. The number of hydrogen-bond donors (Lipinski definition) is 3. The SMILES string of the molecule is CCCOc1ccc(OC)cc1C1=NC2NC(=O)NC=C2N1. The van der Waals surface area contributed by atoms with Crippen molar-refractivity contribution >= 4 is 11.9 Å². The highest BCUT2D eigenvalue weighted by atomic mass is 16.5. The van der Waals surface area contributed by atoms with Crippen molar-refractivity contribution in [2.75, 3.05) is 13.7 Å². The third-order valence-electron chi connectivity index (χ3n) is 3.35. The number of amides is 2. The number of urea groups is 1. The highest BCUT2D eigenvalue weighted by Gasteiger charge is 2.29. The van der Waals surface area contributed by atoms with E-state index in [-0.39, 0.29) is 6.03 Å². The summed E-state index contributed by atoms with van der Waals surface area (Å²) in [5.74, 6) is 2.09. The van der Waals surface area contributed by atoms with Crippen molar-refractivity contribution in [2.45, 2.75) is 19.5 Å². The monoisotopic (exact) mass is 302 g/mol. The van der Waals surface area contributed by atoms with Crippen LogP contribution in [-0.4, -0.2) is 31.7 Å². The molecule has 1 atom stereocenters. The molecule has 0 saturated carbocycles. The molecular formula is C15H18N4O3. The van der Waals surface area contributed by atoms with Gasteiger partial charge in [0, 0.05) is 6.20 Å². The molecule has 0 bridgehead atoms. The Kier molecular flexibility index (Phi) is 3.86. The molecule has 0 radical (unpaired) electrons. The normalized spacial score (nSPS) is 19.2. The molecule has 0 fully saturated rings. The fourth-order valence-corrected chi connectivity index (χ4v) is 2.27. The second-order valence-corrected chi connectivity index (χ2v) is 4.93. The maximum Gasteiger partial charge on any atom is 0.320 e. The van der Waals surface area contributed by atoms with E-state index < -0.39 is 6.17 Å². The van der Waals surface area contributed by atoms with Crippen LogP contribution in [0, 0.1) is 0 Å². The zero-order valence-corrected chi connectivity index (χ0v) is 12.5. The van der Waals surface area contributed by atoms with Gasteiger partial charge in [0.05, 0.1) is 25.0 Å². The number of nitrogens with zero attached hydrogens (tertiary/aromatic N) is 1. The fourth-order valence-electron chi connectivity index (χ4n) is 2.27. The number of nitrogens with one attached hydrogen (secondary N) is 3. The molecule has 3 rings (SSSR count). The van der Waals surface area contributed by atoms with E-state index in [1.54, 1.807) is 13.3 Å². The predicted octanol–water partition coefficient (Wildman–Crippen LogP) is 1.31. The van der Waals surface area contributed by atoms with Crippen molar-refractivity contribution < 1.29 is 14.3 Å². The van der Waals surface area contributed by atoms with Gasteiger partial charge in [0.1, 0.15) is 17.3 Å². The maximum atomic E-state index is 11.3. The summed E-state index contributed by atoms with van der Waals surface area (Å²) in [6.07, 6.45) is 2.14. The standard InChI is InChI=1S/C15H18N4O3/c1-3-6-22-12-5-4-9(21-2)7-10(12)13-17-11-8-16-15(20)19-14(11)18-13/h4-5,7-8,14H,3,6H2,1-2H3,(H,17,18)(H2,16,19,20). The van der Waals surface area contributed by atoms with Gasteiger partial charge in [-0.1, -0.05) is 6.92 Å². The summed E-state index contributed by atoms with van der Waals surface area (Å²) < 4.78 is 11.0. The summed E-state index contributed by atoms with van der Waals surface area (Å²) in [6, 6.07) is 5.30. The van der Waals surface area contributed by atoms with Crippen molar-refractivity contribution in [3.8, 4) is 11.5 Å². The lowest BCUT2D eigenvalue weighted by molar-refractivity contribution is 0.240. The van der Waals surface area contributed by atoms with Crippen LogP contribution in [0.1, 0.15) is 18.9 Å². The van der Waals surface area contributed by atoms with Gasteiger partial charge in [0.15, 0.2) is 6.17 Å². The number of aliphatic imine (C=N–C) groups is 1. The molecule has 1 aromatic rings. The van der Waals surface area contributed by atoms with Crippen LogP contribution in [-0.2, 0) is 0 Å². The molecule has 2 amide bonds. The number of methoxy groups -OCH3 is 1. The van der Waals surface area contributed by atoms with Gasteiger partial charge < -0.3 is 25.4 Å². The average molecular weight is 302 g/mol. The Hall–Kier alpha value is -2.70. The minimum absolute atomic E-state index is 0.270. The lowest BCUT2D eigenvalue weighted by Gasteiger charge is -2.17. The molecule has 1 unspecified atom stereocenters. The van der Waals surface area contributed by atoms with E-state index >= 15 is 0 Å². The molecule has 0 spiro atoms. The van der Waals surface area contributed by atoms with Crippen molar-refractivity contribution in [2.24, 2.45) is 4.99 Å². The third kappa shape index (κ3) is 2.69. The van der Waals surface area contributed by atoms with E-state index in [1.165, 1.54) is 0 Å². The van der Waals surface area contributed by atoms with Crippen LogP contribution in [0.5, 0.6) is 11.5 Å². The van der Waals surface area contributed by atoms with Crippen molar-refractivity contribution in [1.82, 2.24) is 16.0 Å². The Morgan fingerprint density at radius 2 is 2.23 bits per heavy atom. The van der Waals surface area contributed by atoms with Crippen molar-refractivity contribution in [1.29, 1.82) is 0 Å². The lowest BCUT2D eigenvalue weighted by atomic mass is 10.1. The third-order valence-corrected chi connectivity index (χ3v) is 3.35. The van der Waals surface area contributed by atoms with Gasteiger partial charge in [0.25, 0.3) is 0 Å². The van der Waals surface area contributed by atoms with Gasteiger partial charge in [0.2, 0.25) is 0 Å². The molecule has 1 aromatic carbocycles. The van der Waals surface area contributed by atoms with E-state index in [4.69, 9.17) is 9.47 Å². The number of carbonyl (C=O) groups excluding carboxylic acids is 1. The fraction of sp³-hybridized carbons (Fsp3) is 0.333. The van der Waals surface area contributed by atoms with E-state index in [9.17, 15) is 4.79 Å². The molecule has 116 valence electrons. The summed E-state index contributed by atoms with van der Waals surface area (Å²) in [7, 11) is 1.61. The van der Waals surface area contributed by atoms with E-state index in [1.807, 2.05) is 18.2 Å². The number of benzene rings is 1. The molecule has 7 heteroatoms. The molecule has 22 heavy (non-hydrogen) atoms. The van der Waals surface area contributed by atoms with Crippen LogP contribution in [0.15, 0.2) is 35.1 Å². The summed E-state index contributed by atoms with van der Waals surface area (Å²) in [4.78, 5) is 15.9. The summed E-state index contributed by atoms with van der Waals surface area (Å²) in [5, 5.41) is 8.52.